The normalized spacial score (nSPS) is 14.3. The highest BCUT2D eigenvalue weighted by atomic mass is 31.2. The number of esters is 2. The summed E-state index contributed by atoms with van der Waals surface area (Å²) in [5.41, 5.74) is 0. The summed E-state index contributed by atoms with van der Waals surface area (Å²) >= 11 is 0. The molecule has 2 unspecified atom stereocenters. The van der Waals surface area contributed by atoms with E-state index in [9.17, 15) is 19.0 Å². The molecule has 0 saturated heterocycles. The number of phosphoric ester groups is 1. The van der Waals surface area contributed by atoms with Gasteiger partial charge in [0, 0.05) is 12.8 Å². The van der Waals surface area contributed by atoms with E-state index in [2.05, 4.69) is 196 Å². The highest BCUT2D eigenvalue weighted by molar-refractivity contribution is 7.45. The Morgan fingerprint density at radius 1 is 0.352 bits per heavy atom. The predicted molar refractivity (Wildman–Crippen MR) is 378 cm³/mol. The fourth-order valence-electron chi connectivity index (χ4n) is 8.71. The molecule has 10 heteroatoms. The lowest BCUT2D eigenvalue weighted by Crippen LogP contribution is -2.37. The van der Waals surface area contributed by atoms with Crippen molar-refractivity contribution in [1.29, 1.82) is 0 Å². The smallest absolute Gasteiger partial charge is 0.306 e. The molecule has 0 heterocycles. The first-order valence-electron chi connectivity index (χ1n) is 34.5. The van der Waals surface area contributed by atoms with Crippen molar-refractivity contribution >= 4 is 19.8 Å². The van der Waals surface area contributed by atoms with Crippen LogP contribution in [0, 0.1) is 0 Å². The molecule has 0 spiro atoms. The van der Waals surface area contributed by atoms with E-state index in [1.54, 1.807) is 0 Å². The molecule has 0 rings (SSSR count). The second-order valence-electron chi connectivity index (χ2n) is 23.4. The van der Waals surface area contributed by atoms with Crippen molar-refractivity contribution in [3.8, 4) is 0 Å². The minimum atomic E-state index is -4.66. The van der Waals surface area contributed by atoms with Gasteiger partial charge in [-0.1, -0.05) is 280 Å². The molecule has 9 nitrogen and oxygen atoms in total. The van der Waals surface area contributed by atoms with Crippen LogP contribution in [0.5, 0.6) is 0 Å². The number of carbonyl (C=O) groups is 2. The molecule has 0 bridgehead atoms. The van der Waals surface area contributed by atoms with Gasteiger partial charge in [-0.2, -0.15) is 0 Å². The van der Waals surface area contributed by atoms with Crippen LogP contribution >= 0.6 is 7.82 Å². The molecule has 0 aliphatic heterocycles. The van der Waals surface area contributed by atoms with E-state index in [0.29, 0.717) is 23.9 Å². The Balaban J connectivity index is 4.18. The Kier molecular flexibility index (Phi) is 62.8. The van der Waals surface area contributed by atoms with E-state index in [4.69, 9.17) is 18.5 Å². The molecule has 0 aliphatic rings. The number of quaternary nitrogens is 1. The maximum absolute atomic E-state index is 12.9. The van der Waals surface area contributed by atoms with Gasteiger partial charge in [0.15, 0.2) is 6.10 Å². The van der Waals surface area contributed by atoms with Crippen LogP contribution in [-0.4, -0.2) is 70.0 Å². The average Bonchev–Trinajstić information content (AvgIpc) is 3.56. The Morgan fingerprint density at radius 3 is 0.909 bits per heavy atom. The zero-order valence-electron chi connectivity index (χ0n) is 56.3. The molecule has 0 aliphatic carbocycles. The van der Waals surface area contributed by atoms with Crippen molar-refractivity contribution in [2.24, 2.45) is 0 Å². The number of hydrogen-bond donors (Lipinski definition) is 0. The van der Waals surface area contributed by atoms with Gasteiger partial charge in [-0.3, -0.25) is 14.2 Å². The highest BCUT2D eigenvalue weighted by Crippen LogP contribution is 2.38. The maximum atomic E-state index is 12.9. The van der Waals surface area contributed by atoms with Gasteiger partial charge in [0.1, 0.15) is 19.8 Å². The number of carbonyl (C=O) groups excluding carboxylic acids is 2. The van der Waals surface area contributed by atoms with Crippen LogP contribution in [0.2, 0.25) is 0 Å². The molecule has 88 heavy (non-hydrogen) atoms. The van der Waals surface area contributed by atoms with Crippen LogP contribution in [0.25, 0.3) is 0 Å². The minimum absolute atomic E-state index is 0.0437. The molecule has 0 aromatic carbocycles. The Hall–Kier alpha value is -4.89. The number of allylic oxidation sites excluding steroid dienone is 30. The predicted octanol–water partition coefficient (Wildman–Crippen LogP) is 22.1. The second kappa shape index (κ2) is 66.5. The largest absolute Gasteiger partial charge is 0.756 e. The zero-order chi connectivity index (χ0) is 64.1. The quantitative estimate of drug-likeness (QED) is 0.0195. The third-order valence-corrected chi connectivity index (χ3v) is 14.9. The van der Waals surface area contributed by atoms with Crippen LogP contribution in [0.4, 0.5) is 0 Å². The summed E-state index contributed by atoms with van der Waals surface area (Å²) in [4.78, 5) is 38.1. The van der Waals surface area contributed by atoms with E-state index < -0.39 is 32.5 Å². The molecule has 0 aromatic rings. The van der Waals surface area contributed by atoms with Gasteiger partial charge in [-0.15, -0.1) is 0 Å². The van der Waals surface area contributed by atoms with Crippen LogP contribution < -0.4 is 4.89 Å². The van der Waals surface area contributed by atoms with Crippen LogP contribution in [0.1, 0.15) is 245 Å². The lowest BCUT2D eigenvalue weighted by atomic mass is 10.1. The number of hydrogen-bond acceptors (Lipinski definition) is 8. The number of nitrogens with zero attached hydrogens (tertiary/aromatic N) is 1. The fourth-order valence-corrected chi connectivity index (χ4v) is 9.44. The molecule has 0 fully saturated rings. The third kappa shape index (κ3) is 70.2. The maximum Gasteiger partial charge on any atom is 0.306 e. The van der Waals surface area contributed by atoms with Gasteiger partial charge in [0.05, 0.1) is 27.7 Å². The summed E-state index contributed by atoms with van der Waals surface area (Å²) < 4.78 is 34.3. The monoisotopic (exact) mass is 1240 g/mol. The van der Waals surface area contributed by atoms with Crippen molar-refractivity contribution in [3.05, 3.63) is 182 Å². The van der Waals surface area contributed by atoms with Crippen molar-refractivity contribution in [2.45, 2.75) is 251 Å². The van der Waals surface area contributed by atoms with E-state index in [-0.39, 0.29) is 26.1 Å². The van der Waals surface area contributed by atoms with Crippen molar-refractivity contribution < 1.29 is 42.1 Å². The van der Waals surface area contributed by atoms with E-state index in [1.165, 1.54) is 57.8 Å². The van der Waals surface area contributed by atoms with Crippen molar-refractivity contribution in [2.75, 3.05) is 47.5 Å². The van der Waals surface area contributed by atoms with Gasteiger partial charge in [-0.25, -0.2) is 0 Å². The third-order valence-electron chi connectivity index (χ3n) is 13.9. The summed E-state index contributed by atoms with van der Waals surface area (Å²) in [5.74, 6) is -0.862. The van der Waals surface area contributed by atoms with Crippen LogP contribution in [0.3, 0.4) is 0 Å². The average molecular weight is 1240 g/mol. The Morgan fingerprint density at radius 2 is 0.614 bits per heavy atom. The summed E-state index contributed by atoms with van der Waals surface area (Å²) in [6.45, 7) is 3.98. The lowest BCUT2D eigenvalue weighted by molar-refractivity contribution is -0.870. The lowest BCUT2D eigenvalue weighted by Gasteiger charge is -2.28. The first kappa shape index (κ1) is 83.1. The van der Waals surface area contributed by atoms with Gasteiger partial charge in [0.25, 0.3) is 7.82 Å². The number of ether oxygens (including phenoxy) is 2. The summed E-state index contributed by atoms with van der Waals surface area (Å²) in [6, 6.07) is 0. The number of likely N-dealkylation sites (N-methyl/N-ethyl adjacent to an activating group) is 1. The van der Waals surface area contributed by atoms with E-state index in [1.807, 2.05) is 21.1 Å². The Bertz CT molecular complexity index is 2140. The van der Waals surface area contributed by atoms with Crippen molar-refractivity contribution in [3.63, 3.8) is 0 Å². The highest BCUT2D eigenvalue weighted by Gasteiger charge is 2.22. The van der Waals surface area contributed by atoms with Crippen molar-refractivity contribution in [1.82, 2.24) is 0 Å². The summed E-state index contributed by atoms with van der Waals surface area (Å²) in [7, 11) is 1.13. The first-order valence-corrected chi connectivity index (χ1v) is 36.0. The van der Waals surface area contributed by atoms with E-state index >= 15 is 0 Å². The van der Waals surface area contributed by atoms with Gasteiger partial charge < -0.3 is 27.9 Å². The van der Waals surface area contributed by atoms with Crippen LogP contribution in [-0.2, 0) is 32.7 Å². The molecule has 0 saturated carbocycles. The summed E-state index contributed by atoms with van der Waals surface area (Å²) in [5, 5.41) is 0. The van der Waals surface area contributed by atoms with Gasteiger partial charge in [0.2, 0.25) is 0 Å². The minimum Gasteiger partial charge on any atom is -0.756 e. The van der Waals surface area contributed by atoms with Gasteiger partial charge in [-0.05, 0) is 135 Å². The molecule has 0 aromatic heterocycles. The number of phosphoric acid groups is 1. The molecule has 2 atom stereocenters. The van der Waals surface area contributed by atoms with Crippen LogP contribution in [0.15, 0.2) is 182 Å². The standard InChI is InChI=1S/C78H126NO8P/c1-6-8-10-12-14-16-18-20-22-24-26-28-30-32-34-36-38-39-41-43-45-47-49-51-53-55-57-59-61-63-65-67-69-71-78(81)87-76(75-86-88(82,83)85-73-72-79(3,4)5)74-84-77(80)70-68-66-64-62-60-58-56-54-52-50-48-46-44-42-40-37-35-33-31-29-27-25-23-21-19-17-15-13-11-9-7-2/h8-11,14-17,20-23,26-29,32-35,38-40,42-43,45-46,48-49,51,76H,6-7,12-13,18-19,24-25,30-31,36-37,41,44,47,50,52-75H2,1-5H3/b10-8-,11-9-,16-14-,17-15-,22-20-,23-21-,28-26-,29-27-,34-32-,35-33-,39-38-,42-40-,45-43-,48-46-,51-49-. The SMILES string of the molecule is CC/C=C\C/C=C\C/C=C\C/C=C\C/C=C\C/C=C\C/C=C\C/C=C\CCCCCCCCCCC(=O)OC(COC(=O)CCCCCCCCCCC/C=C\C/C=C\C/C=C\C/C=C\C/C=C\C/C=C\C/C=C\CC)COP(=O)([O-])OCC[N+](C)(C)C. The zero-order valence-corrected chi connectivity index (χ0v) is 57.2. The topological polar surface area (TPSA) is 111 Å². The Labute approximate surface area is 540 Å². The molecule has 0 N–H and O–H groups in total. The number of unbranched alkanes of at least 4 members (excludes halogenated alkanes) is 17. The number of rotatable bonds is 61. The fraction of sp³-hybridized carbons (Fsp3) is 0.590. The first-order chi connectivity index (χ1) is 43.0. The summed E-state index contributed by atoms with van der Waals surface area (Å²) in [6.07, 6.45) is 102. The molecule has 0 radical (unpaired) electrons. The molecular weight excluding hydrogens is 1110 g/mol. The van der Waals surface area contributed by atoms with E-state index in [0.717, 1.165) is 148 Å². The second-order valence-corrected chi connectivity index (χ2v) is 24.8. The van der Waals surface area contributed by atoms with Gasteiger partial charge >= 0.3 is 11.9 Å². The molecular formula is C78H126NO8P. The molecule has 496 valence electrons. The molecule has 0 amide bonds.